The van der Waals surface area contributed by atoms with Crippen molar-refractivity contribution >= 4 is 12.6 Å². The van der Waals surface area contributed by atoms with E-state index in [-0.39, 0.29) is 5.82 Å². The summed E-state index contributed by atoms with van der Waals surface area (Å²) in [6.07, 6.45) is 0.639. The lowest BCUT2D eigenvalue weighted by molar-refractivity contribution is 0.409. The predicted octanol–water partition coefficient (Wildman–Crippen LogP) is 2.51. The third-order valence-electron chi connectivity index (χ3n) is 1.65. The van der Waals surface area contributed by atoms with Crippen molar-refractivity contribution in [3.8, 4) is 17.6 Å². The second-order valence-electron chi connectivity index (χ2n) is 2.59. The molecule has 0 saturated carbocycles. The zero-order chi connectivity index (χ0) is 10.4. The molecule has 0 bridgehead atoms. The monoisotopic (exact) mass is 210 g/mol. The summed E-state index contributed by atoms with van der Waals surface area (Å²) in [6, 6.07) is 4.65. The first-order valence-electron chi connectivity index (χ1n) is 4.22. The molecular formula is C11H11FOS. The van der Waals surface area contributed by atoms with Crippen LogP contribution in [-0.2, 0) is 0 Å². The molecule has 1 aromatic carbocycles. The number of methoxy groups -OCH3 is 1. The van der Waals surface area contributed by atoms with Crippen LogP contribution in [0.5, 0.6) is 5.75 Å². The average molecular weight is 210 g/mol. The third-order valence-corrected chi connectivity index (χ3v) is 1.87. The molecule has 0 radical (unpaired) electrons. The van der Waals surface area contributed by atoms with Crippen molar-refractivity contribution in [1.29, 1.82) is 0 Å². The fourth-order valence-electron chi connectivity index (χ4n) is 1.00. The maximum atomic E-state index is 13.3. The Morgan fingerprint density at radius 1 is 1.50 bits per heavy atom. The van der Waals surface area contributed by atoms with Gasteiger partial charge in [0.05, 0.1) is 7.11 Å². The first-order chi connectivity index (χ1) is 6.79. The SMILES string of the molecule is COc1cccc(F)c1C#CCCS. The van der Waals surface area contributed by atoms with Gasteiger partial charge in [0.2, 0.25) is 0 Å². The van der Waals surface area contributed by atoms with E-state index in [4.69, 9.17) is 4.74 Å². The van der Waals surface area contributed by atoms with Crippen molar-refractivity contribution in [2.75, 3.05) is 12.9 Å². The Balaban J connectivity index is 3.00. The second kappa shape index (κ2) is 5.56. The number of rotatable bonds is 2. The van der Waals surface area contributed by atoms with Crippen LogP contribution in [0.1, 0.15) is 12.0 Å². The zero-order valence-corrected chi connectivity index (χ0v) is 8.77. The first kappa shape index (κ1) is 10.9. The Labute approximate surface area is 88.7 Å². The maximum Gasteiger partial charge on any atom is 0.142 e. The predicted molar refractivity (Wildman–Crippen MR) is 58.3 cm³/mol. The Kier molecular flexibility index (Phi) is 4.34. The smallest absolute Gasteiger partial charge is 0.142 e. The molecule has 1 rings (SSSR count). The highest BCUT2D eigenvalue weighted by atomic mass is 32.1. The quantitative estimate of drug-likeness (QED) is 0.583. The van der Waals surface area contributed by atoms with E-state index in [9.17, 15) is 4.39 Å². The summed E-state index contributed by atoms with van der Waals surface area (Å²) in [5.41, 5.74) is 0.316. The molecule has 1 nitrogen and oxygen atoms in total. The molecule has 14 heavy (non-hydrogen) atoms. The van der Waals surface area contributed by atoms with Gasteiger partial charge in [0.25, 0.3) is 0 Å². The van der Waals surface area contributed by atoms with E-state index < -0.39 is 0 Å². The van der Waals surface area contributed by atoms with Gasteiger partial charge in [-0.3, -0.25) is 0 Å². The highest BCUT2D eigenvalue weighted by molar-refractivity contribution is 7.80. The van der Waals surface area contributed by atoms with E-state index in [0.717, 1.165) is 0 Å². The summed E-state index contributed by atoms with van der Waals surface area (Å²) in [5, 5.41) is 0. The molecule has 0 saturated heterocycles. The van der Waals surface area contributed by atoms with Crippen molar-refractivity contribution < 1.29 is 9.13 Å². The van der Waals surface area contributed by atoms with Gasteiger partial charge in [-0.25, -0.2) is 4.39 Å². The summed E-state index contributed by atoms with van der Waals surface area (Å²) in [5.74, 6) is 6.34. The molecular weight excluding hydrogens is 199 g/mol. The minimum atomic E-state index is -0.351. The minimum Gasteiger partial charge on any atom is -0.495 e. The molecule has 0 heterocycles. The number of halogens is 1. The van der Waals surface area contributed by atoms with Gasteiger partial charge in [-0.2, -0.15) is 12.6 Å². The average Bonchev–Trinajstić information content (AvgIpc) is 2.20. The molecule has 0 aromatic heterocycles. The fraction of sp³-hybridized carbons (Fsp3) is 0.273. The van der Waals surface area contributed by atoms with Crippen LogP contribution in [0.2, 0.25) is 0 Å². The van der Waals surface area contributed by atoms with Crippen molar-refractivity contribution in [2.45, 2.75) is 6.42 Å². The normalized spacial score (nSPS) is 9.07. The molecule has 0 fully saturated rings. The van der Waals surface area contributed by atoms with E-state index >= 15 is 0 Å². The van der Waals surface area contributed by atoms with E-state index in [0.29, 0.717) is 23.5 Å². The van der Waals surface area contributed by atoms with Gasteiger partial charge >= 0.3 is 0 Å². The van der Waals surface area contributed by atoms with E-state index in [1.807, 2.05) is 0 Å². The van der Waals surface area contributed by atoms with Gasteiger partial charge in [0.15, 0.2) is 0 Å². The zero-order valence-electron chi connectivity index (χ0n) is 7.88. The molecule has 74 valence electrons. The van der Waals surface area contributed by atoms with Crippen molar-refractivity contribution in [3.63, 3.8) is 0 Å². The topological polar surface area (TPSA) is 9.23 Å². The Hall–Kier alpha value is -1.14. The van der Waals surface area contributed by atoms with Crippen LogP contribution in [0.15, 0.2) is 18.2 Å². The van der Waals surface area contributed by atoms with Crippen LogP contribution in [-0.4, -0.2) is 12.9 Å². The van der Waals surface area contributed by atoms with Crippen LogP contribution < -0.4 is 4.74 Å². The minimum absolute atomic E-state index is 0.316. The third kappa shape index (κ3) is 2.68. The van der Waals surface area contributed by atoms with E-state index in [1.165, 1.54) is 13.2 Å². The largest absolute Gasteiger partial charge is 0.495 e. The summed E-state index contributed by atoms with van der Waals surface area (Å²) >= 11 is 4.01. The molecule has 3 heteroatoms. The Bertz CT molecular complexity index is 365. The number of hydrogen-bond acceptors (Lipinski definition) is 2. The van der Waals surface area contributed by atoms with Crippen LogP contribution in [0.4, 0.5) is 4.39 Å². The number of ether oxygens (including phenoxy) is 1. The van der Waals surface area contributed by atoms with Gasteiger partial charge in [0, 0.05) is 12.2 Å². The van der Waals surface area contributed by atoms with Gasteiger partial charge in [-0.05, 0) is 12.1 Å². The van der Waals surface area contributed by atoms with Crippen LogP contribution in [0, 0.1) is 17.7 Å². The second-order valence-corrected chi connectivity index (χ2v) is 3.04. The van der Waals surface area contributed by atoms with Crippen molar-refractivity contribution in [2.24, 2.45) is 0 Å². The van der Waals surface area contributed by atoms with Gasteiger partial charge in [-0.1, -0.05) is 17.9 Å². The molecule has 0 aliphatic heterocycles. The molecule has 1 aromatic rings. The fourth-order valence-corrected chi connectivity index (χ4v) is 1.11. The highest BCUT2D eigenvalue weighted by Crippen LogP contribution is 2.19. The van der Waals surface area contributed by atoms with E-state index in [2.05, 4.69) is 24.5 Å². The van der Waals surface area contributed by atoms with Crippen molar-refractivity contribution in [1.82, 2.24) is 0 Å². The molecule has 0 aliphatic carbocycles. The molecule has 0 spiro atoms. The van der Waals surface area contributed by atoms with Crippen LogP contribution in [0.25, 0.3) is 0 Å². The maximum absolute atomic E-state index is 13.3. The standard InChI is InChI=1S/C11H11FOS/c1-13-11-7-4-6-10(12)9(11)5-2-3-8-14/h4,6-7,14H,3,8H2,1H3. The molecule has 0 amide bonds. The lowest BCUT2D eigenvalue weighted by atomic mass is 10.2. The summed E-state index contributed by atoms with van der Waals surface area (Å²) in [6.45, 7) is 0. The van der Waals surface area contributed by atoms with Crippen molar-refractivity contribution in [3.05, 3.63) is 29.6 Å². The first-order valence-corrected chi connectivity index (χ1v) is 4.85. The van der Waals surface area contributed by atoms with Crippen LogP contribution in [0.3, 0.4) is 0 Å². The lowest BCUT2D eigenvalue weighted by Gasteiger charge is -2.02. The van der Waals surface area contributed by atoms with Crippen LogP contribution >= 0.6 is 12.6 Å². The van der Waals surface area contributed by atoms with Gasteiger partial charge < -0.3 is 4.74 Å². The highest BCUT2D eigenvalue weighted by Gasteiger charge is 2.04. The summed E-state index contributed by atoms with van der Waals surface area (Å²) in [7, 11) is 1.50. The number of benzene rings is 1. The van der Waals surface area contributed by atoms with E-state index in [1.54, 1.807) is 12.1 Å². The molecule has 0 unspecified atom stereocenters. The summed E-state index contributed by atoms with van der Waals surface area (Å²) < 4.78 is 18.3. The number of thiol groups is 1. The molecule has 0 atom stereocenters. The molecule has 0 N–H and O–H groups in total. The Morgan fingerprint density at radius 2 is 2.29 bits per heavy atom. The molecule has 0 aliphatic rings. The van der Waals surface area contributed by atoms with Gasteiger partial charge in [-0.15, -0.1) is 0 Å². The lowest BCUT2D eigenvalue weighted by Crippen LogP contribution is -1.91. The number of hydrogen-bond donors (Lipinski definition) is 1. The Morgan fingerprint density at radius 3 is 2.93 bits per heavy atom. The summed E-state index contributed by atoms with van der Waals surface area (Å²) in [4.78, 5) is 0. The van der Waals surface area contributed by atoms with Gasteiger partial charge in [0.1, 0.15) is 17.1 Å².